The van der Waals surface area contributed by atoms with E-state index in [9.17, 15) is 0 Å². The zero-order valence-corrected chi connectivity index (χ0v) is 11.1. The van der Waals surface area contributed by atoms with E-state index >= 15 is 0 Å². The van der Waals surface area contributed by atoms with Gasteiger partial charge in [-0.15, -0.1) is 0 Å². The van der Waals surface area contributed by atoms with Gasteiger partial charge in [-0.2, -0.15) is 0 Å². The van der Waals surface area contributed by atoms with Crippen LogP contribution < -0.4 is 0 Å². The fourth-order valence-electron chi connectivity index (χ4n) is 2.22. The molecular formula is C11H14BrClN2. The molecule has 0 radical (unpaired) electrons. The first-order chi connectivity index (χ1) is 7.16. The maximum atomic E-state index is 5.97. The Morgan fingerprint density at radius 2 is 2.27 bits per heavy atom. The summed E-state index contributed by atoms with van der Waals surface area (Å²) in [6.45, 7) is 2.30. The third-order valence-electron chi connectivity index (χ3n) is 3.02. The number of hydrogen-bond acceptors (Lipinski definition) is 2. The quantitative estimate of drug-likeness (QED) is 0.725. The first-order valence-electron chi connectivity index (χ1n) is 5.34. The number of rotatable bonds is 1. The van der Waals surface area contributed by atoms with Crippen molar-refractivity contribution in [1.82, 2.24) is 9.97 Å². The van der Waals surface area contributed by atoms with Crippen LogP contribution in [-0.2, 0) is 0 Å². The average molecular weight is 290 g/mol. The molecule has 1 aromatic rings. The van der Waals surface area contributed by atoms with E-state index in [4.69, 9.17) is 11.6 Å². The van der Waals surface area contributed by atoms with E-state index in [1.807, 2.05) is 0 Å². The molecule has 2 atom stereocenters. The van der Waals surface area contributed by atoms with Crippen molar-refractivity contribution >= 4 is 27.5 Å². The number of halogens is 2. The highest BCUT2D eigenvalue weighted by atomic mass is 79.9. The van der Waals surface area contributed by atoms with Crippen molar-refractivity contribution in [2.24, 2.45) is 5.92 Å². The summed E-state index contributed by atoms with van der Waals surface area (Å²) in [6.07, 6.45) is 6.76. The lowest BCUT2D eigenvalue weighted by molar-refractivity contribution is 0.335. The number of hydrogen-bond donors (Lipinski definition) is 0. The van der Waals surface area contributed by atoms with E-state index in [1.54, 1.807) is 6.20 Å². The smallest absolute Gasteiger partial charge is 0.146 e. The molecule has 82 valence electrons. The van der Waals surface area contributed by atoms with Crippen LogP contribution in [0.1, 0.15) is 44.3 Å². The van der Waals surface area contributed by atoms with Gasteiger partial charge in [0.15, 0.2) is 0 Å². The van der Waals surface area contributed by atoms with Gasteiger partial charge in [0, 0.05) is 12.1 Å². The normalized spacial score (nSPS) is 26.6. The van der Waals surface area contributed by atoms with Crippen LogP contribution in [0, 0.1) is 5.92 Å². The molecule has 0 spiro atoms. The minimum atomic E-state index is 0.499. The van der Waals surface area contributed by atoms with Gasteiger partial charge in [-0.1, -0.05) is 31.4 Å². The zero-order valence-electron chi connectivity index (χ0n) is 8.71. The lowest BCUT2D eigenvalue weighted by Gasteiger charge is -2.25. The van der Waals surface area contributed by atoms with Gasteiger partial charge in [0.1, 0.15) is 11.0 Å². The molecule has 1 aliphatic rings. The third kappa shape index (κ3) is 2.70. The van der Waals surface area contributed by atoms with Gasteiger partial charge in [-0.3, -0.25) is 0 Å². The molecule has 1 saturated carbocycles. The SMILES string of the molecule is CC1CCCC(c2ncc(Br)c(Cl)n2)C1. The second-order valence-electron chi connectivity index (χ2n) is 4.34. The molecule has 2 nitrogen and oxygen atoms in total. The lowest BCUT2D eigenvalue weighted by Crippen LogP contribution is -2.14. The van der Waals surface area contributed by atoms with Crippen molar-refractivity contribution in [3.05, 3.63) is 21.6 Å². The highest BCUT2D eigenvalue weighted by Crippen LogP contribution is 2.35. The van der Waals surface area contributed by atoms with E-state index in [2.05, 4.69) is 32.8 Å². The largest absolute Gasteiger partial charge is 0.240 e. The molecule has 1 fully saturated rings. The molecule has 15 heavy (non-hydrogen) atoms. The summed E-state index contributed by atoms with van der Waals surface area (Å²) in [4.78, 5) is 8.69. The number of aromatic nitrogens is 2. The minimum Gasteiger partial charge on any atom is -0.240 e. The molecular weight excluding hydrogens is 275 g/mol. The Balaban J connectivity index is 2.18. The average Bonchev–Trinajstić information content (AvgIpc) is 2.22. The Morgan fingerprint density at radius 1 is 1.47 bits per heavy atom. The topological polar surface area (TPSA) is 25.8 Å². The van der Waals surface area contributed by atoms with Crippen LogP contribution in [0.5, 0.6) is 0 Å². The van der Waals surface area contributed by atoms with E-state index < -0.39 is 0 Å². The summed E-state index contributed by atoms with van der Waals surface area (Å²) < 4.78 is 0.775. The van der Waals surface area contributed by atoms with E-state index in [-0.39, 0.29) is 0 Å². The Bertz CT molecular complexity index is 356. The van der Waals surface area contributed by atoms with Gasteiger partial charge in [-0.05, 0) is 34.7 Å². The van der Waals surface area contributed by atoms with Crippen molar-refractivity contribution in [2.45, 2.75) is 38.5 Å². The minimum absolute atomic E-state index is 0.499. The van der Waals surface area contributed by atoms with Crippen LogP contribution in [-0.4, -0.2) is 9.97 Å². The maximum Gasteiger partial charge on any atom is 0.146 e. The van der Waals surface area contributed by atoms with E-state index in [1.165, 1.54) is 25.7 Å². The molecule has 0 N–H and O–H groups in total. The Hall–Kier alpha value is -0.150. The van der Waals surface area contributed by atoms with Crippen LogP contribution in [0.3, 0.4) is 0 Å². The van der Waals surface area contributed by atoms with E-state index in [0.29, 0.717) is 11.1 Å². The molecule has 0 bridgehead atoms. The highest BCUT2D eigenvalue weighted by Gasteiger charge is 2.22. The Labute approximate surface area is 104 Å². The molecule has 0 saturated heterocycles. The van der Waals surface area contributed by atoms with Gasteiger partial charge in [-0.25, -0.2) is 9.97 Å². The summed E-state index contributed by atoms with van der Waals surface area (Å²) in [5.74, 6) is 2.20. The summed E-state index contributed by atoms with van der Waals surface area (Å²) >= 11 is 9.28. The Morgan fingerprint density at radius 3 is 2.93 bits per heavy atom. The van der Waals surface area contributed by atoms with Gasteiger partial charge in [0.2, 0.25) is 0 Å². The second kappa shape index (κ2) is 4.79. The Kier molecular flexibility index (Phi) is 3.62. The zero-order chi connectivity index (χ0) is 10.8. The van der Waals surface area contributed by atoms with Crippen molar-refractivity contribution in [3.63, 3.8) is 0 Å². The van der Waals surface area contributed by atoms with Crippen LogP contribution in [0.15, 0.2) is 10.7 Å². The summed E-state index contributed by atoms with van der Waals surface area (Å²) in [5.41, 5.74) is 0. The molecule has 0 aromatic carbocycles. The van der Waals surface area contributed by atoms with Crippen molar-refractivity contribution in [3.8, 4) is 0 Å². The van der Waals surface area contributed by atoms with E-state index in [0.717, 1.165) is 16.2 Å². The summed E-state index contributed by atoms with van der Waals surface area (Å²) in [6, 6.07) is 0. The van der Waals surface area contributed by atoms with Crippen LogP contribution in [0.4, 0.5) is 0 Å². The molecule has 0 aliphatic heterocycles. The van der Waals surface area contributed by atoms with Gasteiger partial charge in [0.05, 0.1) is 4.47 Å². The molecule has 2 unspecified atom stereocenters. The molecule has 1 aromatic heterocycles. The highest BCUT2D eigenvalue weighted by molar-refractivity contribution is 9.10. The number of nitrogens with zero attached hydrogens (tertiary/aromatic N) is 2. The van der Waals surface area contributed by atoms with Crippen LogP contribution in [0.25, 0.3) is 0 Å². The second-order valence-corrected chi connectivity index (χ2v) is 5.55. The monoisotopic (exact) mass is 288 g/mol. The predicted molar refractivity (Wildman–Crippen MR) is 65.1 cm³/mol. The first kappa shape index (κ1) is 11.3. The molecule has 4 heteroatoms. The summed E-state index contributed by atoms with van der Waals surface area (Å²) in [7, 11) is 0. The van der Waals surface area contributed by atoms with Crippen molar-refractivity contribution < 1.29 is 0 Å². The molecule has 0 amide bonds. The van der Waals surface area contributed by atoms with Gasteiger partial charge in [0.25, 0.3) is 0 Å². The predicted octanol–water partition coefficient (Wildman–Crippen LogP) is 4.19. The lowest BCUT2D eigenvalue weighted by atomic mass is 9.82. The van der Waals surface area contributed by atoms with Gasteiger partial charge < -0.3 is 0 Å². The van der Waals surface area contributed by atoms with Crippen LogP contribution in [0.2, 0.25) is 5.15 Å². The fraction of sp³-hybridized carbons (Fsp3) is 0.636. The van der Waals surface area contributed by atoms with Crippen molar-refractivity contribution in [1.29, 1.82) is 0 Å². The maximum absolute atomic E-state index is 5.97. The van der Waals surface area contributed by atoms with Crippen molar-refractivity contribution in [2.75, 3.05) is 0 Å². The molecule has 1 aliphatic carbocycles. The third-order valence-corrected chi connectivity index (χ3v) is 4.12. The summed E-state index contributed by atoms with van der Waals surface area (Å²) in [5, 5.41) is 0.526. The standard InChI is InChI=1S/C11H14BrClN2/c1-7-3-2-4-8(5-7)11-14-6-9(12)10(13)15-11/h6-8H,2-5H2,1H3. The molecule has 2 rings (SSSR count). The first-order valence-corrected chi connectivity index (χ1v) is 6.52. The fourth-order valence-corrected chi connectivity index (χ4v) is 2.55. The van der Waals surface area contributed by atoms with Gasteiger partial charge >= 0.3 is 0 Å². The molecule has 1 heterocycles. The van der Waals surface area contributed by atoms with Crippen LogP contribution >= 0.6 is 27.5 Å².